The summed E-state index contributed by atoms with van der Waals surface area (Å²) < 4.78 is 75.8. The topological polar surface area (TPSA) is 58.4 Å². The fourth-order valence-corrected chi connectivity index (χ4v) is 3.05. The van der Waals surface area contributed by atoms with Crippen LogP contribution in [0.15, 0.2) is 48.5 Å². The standard InChI is InChI=1S/C22H25F6N3O/c1-14(16-5-9-18(10-6-16)22(26,27)28)19(29)20(32)31(2)12-11-30-13-15-3-7-17(8-4-15)21(23,24)25/h3-10,14,19,30H,11-13,29H2,1-2H3. The first-order chi connectivity index (χ1) is 14.8. The molecule has 0 aliphatic rings. The van der Waals surface area contributed by atoms with E-state index >= 15 is 0 Å². The maximum atomic E-state index is 12.7. The smallest absolute Gasteiger partial charge is 0.343 e. The molecule has 1 amide bonds. The third kappa shape index (κ3) is 6.96. The van der Waals surface area contributed by atoms with Crippen LogP contribution in [0.1, 0.15) is 35.1 Å². The molecule has 32 heavy (non-hydrogen) atoms. The quantitative estimate of drug-likeness (QED) is 0.453. The number of nitrogens with zero attached hydrogens (tertiary/aromatic N) is 1. The lowest BCUT2D eigenvalue weighted by Gasteiger charge is -2.26. The van der Waals surface area contributed by atoms with Crippen LogP contribution in [0.2, 0.25) is 0 Å². The number of carbonyl (C=O) groups excluding carboxylic acids is 1. The van der Waals surface area contributed by atoms with Gasteiger partial charge in [-0.25, -0.2) is 0 Å². The molecule has 4 nitrogen and oxygen atoms in total. The molecule has 0 aliphatic carbocycles. The van der Waals surface area contributed by atoms with Gasteiger partial charge in [0.1, 0.15) is 0 Å². The third-order valence-corrected chi connectivity index (χ3v) is 5.20. The Morgan fingerprint density at radius 3 is 1.88 bits per heavy atom. The van der Waals surface area contributed by atoms with Crippen LogP contribution < -0.4 is 11.1 Å². The largest absolute Gasteiger partial charge is 0.416 e. The van der Waals surface area contributed by atoms with Crippen LogP contribution in [0.4, 0.5) is 26.3 Å². The zero-order valence-electron chi connectivity index (χ0n) is 17.6. The van der Waals surface area contributed by atoms with E-state index in [1.165, 1.54) is 29.2 Å². The molecule has 3 N–H and O–H groups in total. The van der Waals surface area contributed by atoms with Gasteiger partial charge in [0, 0.05) is 32.6 Å². The molecule has 2 atom stereocenters. The number of hydrogen-bond acceptors (Lipinski definition) is 3. The fraction of sp³-hybridized carbons (Fsp3) is 0.409. The predicted molar refractivity (Wildman–Crippen MR) is 109 cm³/mol. The summed E-state index contributed by atoms with van der Waals surface area (Å²) in [4.78, 5) is 14.0. The summed E-state index contributed by atoms with van der Waals surface area (Å²) in [6.45, 7) is 2.67. The van der Waals surface area contributed by atoms with Gasteiger partial charge in [0.2, 0.25) is 5.91 Å². The second-order valence-corrected chi connectivity index (χ2v) is 7.57. The predicted octanol–water partition coefficient (Wildman–Crippen LogP) is 4.40. The van der Waals surface area contributed by atoms with Gasteiger partial charge < -0.3 is 16.0 Å². The lowest BCUT2D eigenvalue weighted by atomic mass is 9.92. The van der Waals surface area contributed by atoms with E-state index in [4.69, 9.17) is 5.73 Å². The molecule has 0 bridgehead atoms. The Kier molecular flexibility index (Phi) is 8.30. The minimum atomic E-state index is -4.44. The molecule has 0 aliphatic heterocycles. The first-order valence-electron chi connectivity index (χ1n) is 9.85. The van der Waals surface area contributed by atoms with Crippen LogP contribution >= 0.6 is 0 Å². The average Bonchev–Trinajstić information content (AvgIpc) is 2.74. The van der Waals surface area contributed by atoms with E-state index in [2.05, 4.69) is 5.32 Å². The summed E-state index contributed by atoms with van der Waals surface area (Å²) in [7, 11) is 1.56. The highest BCUT2D eigenvalue weighted by Gasteiger charge is 2.31. The van der Waals surface area contributed by atoms with Crippen molar-refractivity contribution in [2.75, 3.05) is 20.1 Å². The molecule has 10 heteroatoms. The van der Waals surface area contributed by atoms with Crippen molar-refractivity contribution < 1.29 is 31.1 Å². The molecule has 0 heterocycles. The van der Waals surface area contributed by atoms with Gasteiger partial charge >= 0.3 is 12.4 Å². The van der Waals surface area contributed by atoms with Gasteiger partial charge in [0.05, 0.1) is 17.2 Å². The highest BCUT2D eigenvalue weighted by Crippen LogP contribution is 2.31. The first-order valence-corrected chi connectivity index (χ1v) is 9.85. The minimum Gasteiger partial charge on any atom is -0.343 e. The number of halogens is 6. The molecule has 0 radical (unpaired) electrons. The minimum absolute atomic E-state index is 0.299. The zero-order valence-corrected chi connectivity index (χ0v) is 17.6. The van der Waals surface area contributed by atoms with Crippen LogP contribution in [0.5, 0.6) is 0 Å². The Bertz CT molecular complexity index is 879. The lowest BCUT2D eigenvalue weighted by Crippen LogP contribution is -2.46. The second kappa shape index (κ2) is 10.4. The summed E-state index contributed by atoms with van der Waals surface area (Å²) in [5, 5.41) is 3.04. The molecule has 0 spiro atoms. The van der Waals surface area contributed by atoms with Crippen molar-refractivity contribution in [2.24, 2.45) is 5.73 Å². The van der Waals surface area contributed by atoms with Gasteiger partial charge in [-0.05, 0) is 35.4 Å². The molecule has 176 valence electrons. The number of rotatable bonds is 8. The van der Waals surface area contributed by atoms with Crippen molar-refractivity contribution in [3.05, 3.63) is 70.8 Å². The van der Waals surface area contributed by atoms with Crippen LogP contribution in [-0.4, -0.2) is 37.0 Å². The van der Waals surface area contributed by atoms with Gasteiger partial charge in [0.15, 0.2) is 0 Å². The van der Waals surface area contributed by atoms with Crippen LogP contribution in [0, 0.1) is 0 Å². The van der Waals surface area contributed by atoms with Crippen LogP contribution in [0.25, 0.3) is 0 Å². The van der Waals surface area contributed by atoms with Gasteiger partial charge in [-0.2, -0.15) is 26.3 Å². The number of carbonyl (C=O) groups is 1. The number of hydrogen-bond donors (Lipinski definition) is 2. The molecule has 0 aromatic heterocycles. The molecular weight excluding hydrogens is 436 g/mol. The van der Waals surface area contributed by atoms with Crippen molar-refractivity contribution in [3.63, 3.8) is 0 Å². The van der Waals surface area contributed by atoms with Crippen molar-refractivity contribution in [1.82, 2.24) is 10.2 Å². The molecule has 0 saturated heterocycles. The molecule has 2 aromatic rings. The van der Waals surface area contributed by atoms with E-state index in [9.17, 15) is 31.1 Å². The Balaban J connectivity index is 1.82. The number of amides is 1. The monoisotopic (exact) mass is 461 g/mol. The highest BCUT2D eigenvalue weighted by atomic mass is 19.4. The summed E-state index contributed by atoms with van der Waals surface area (Å²) in [5.41, 5.74) is 5.73. The molecule has 0 saturated carbocycles. The Hall–Kier alpha value is -2.59. The second-order valence-electron chi connectivity index (χ2n) is 7.57. The van der Waals surface area contributed by atoms with Crippen LogP contribution in [0.3, 0.4) is 0 Å². The maximum absolute atomic E-state index is 12.7. The first kappa shape index (κ1) is 25.7. The summed E-state index contributed by atoms with van der Waals surface area (Å²) in [6, 6.07) is 8.38. The van der Waals surface area contributed by atoms with E-state index in [0.29, 0.717) is 30.8 Å². The lowest BCUT2D eigenvalue weighted by molar-refractivity contribution is -0.138. The normalized spacial score (nSPS) is 14.2. The van der Waals surface area contributed by atoms with E-state index < -0.39 is 35.4 Å². The van der Waals surface area contributed by atoms with E-state index in [1.54, 1.807) is 14.0 Å². The average molecular weight is 461 g/mol. The van der Waals surface area contributed by atoms with E-state index in [0.717, 1.165) is 24.3 Å². The Morgan fingerprint density at radius 1 is 0.938 bits per heavy atom. The van der Waals surface area contributed by atoms with E-state index in [1.807, 2.05) is 0 Å². The molecular formula is C22H25F6N3O. The van der Waals surface area contributed by atoms with Gasteiger partial charge in [-0.15, -0.1) is 0 Å². The van der Waals surface area contributed by atoms with Crippen molar-refractivity contribution in [3.8, 4) is 0 Å². The summed E-state index contributed by atoms with van der Waals surface area (Å²) in [5.74, 6) is -0.860. The number of nitrogens with two attached hydrogens (primary N) is 1. The summed E-state index contributed by atoms with van der Waals surface area (Å²) >= 11 is 0. The number of benzene rings is 2. The highest BCUT2D eigenvalue weighted by molar-refractivity contribution is 5.82. The van der Waals surface area contributed by atoms with E-state index in [-0.39, 0.29) is 5.91 Å². The van der Waals surface area contributed by atoms with Crippen LogP contribution in [-0.2, 0) is 23.7 Å². The zero-order chi connectivity index (χ0) is 24.1. The molecule has 2 unspecified atom stereocenters. The Morgan fingerprint density at radius 2 is 1.41 bits per heavy atom. The number of alkyl halides is 6. The molecule has 2 rings (SSSR count). The van der Waals surface area contributed by atoms with Crippen molar-refractivity contribution in [2.45, 2.75) is 37.8 Å². The van der Waals surface area contributed by atoms with Gasteiger partial charge in [-0.3, -0.25) is 4.79 Å². The fourth-order valence-electron chi connectivity index (χ4n) is 3.05. The van der Waals surface area contributed by atoms with Gasteiger partial charge in [-0.1, -0.05) is 31.2 Å². The number of likely N-dealkylation sites (N-methyl/N-ethyl adjacent to an activating group) is 1. The number of nitrogens with one attached hydrogen (secondary N) is 1. The van der Waals surface area contributed by atoms with Gasteiger partial charge in [0.25, 0.3) is 0 Å². The SMILES string of the molecule is CC(c1ccc(C(F)(F)F)cc1)C(N)C(=O)N(C)CCNCc1ccc(C(F)(F)F)cc1. The van der Waals surface area contributed by atoms with Crippen molar-refractivity contribution >= 4 is 5.91 Å². The molecule has 2 aromatic carbocycles. The molecule has 0 fully saturated rings. The summed E-state index contributed by atoms with van der Waals surface area (Å²) in [6.07, 6.45) is -8.82. The van der Waals surface area contributed by atoms with Crippen molar-refractivity contribution in [1.29, 1.82) is 0 Å². The maximum Gasteiger partial charge on any atom is 0.416 e. The third-order valence-electron chi connectivity index (χ3n) is 5.20. The Labute approximate surface area is 182 Å².